The molecule has 2 heterocycles. The van der Waals surface area contributed by atoms with Gasteiger partial charge in [-0.1, -0.05) is 28.1 Å². The van der Waals surface area contributed by atoms with Crippen LogP contribution in [-0.2, 0) is 16.0 Å². The summed E-state index contributed by atoms with van der Waals surface area (Å²) in [5.74, 6) is 0.319. The van der Waals surface area contributed by atoms with Gasteiger partial charge in [0.2, 0.25) is 0 Å². The lowest BCUT2D eigenvalue weighted by Crippen LogP contribution is -2.51. The maximum atomic E-state index is 13.1. The maximum Gasteiger partial charge on any atom is 0.328 e. The monoisotopic (exact) mass is 466 g/mol. The van der Waals surface area contributed by atoms with Crippen LogP contribution in [0.4, 0.5) is 4.79 Å². The zero-order valence-electron chi connectivity index (χ0n) is 15.8. The minimum Gasteiger partial charge on any atom is -0.467 e. The quantitative estimate of drug-likeness (QED) is 0.638. The molecule has 2 aromatic rings. The predicted octanol–water partition coefficient (Wildman–Crippen LogP) is 3.12. The van der Waals surface area contributed by atoms with Crippen molar-refractivity contribution >= 4 is 39.7 Å². The number of amides is 2. The molecule has 2 N–H and O–H groups in total. The number of hydrogen-bond donors (Lipinski definition) is 2. The third-order valence-electron chi connectivity index (χ3n) is 4.77. The van der Waals surface area contributed by atoms with E-state index in [0.717, 1.165) is 27.2 Å². The van der Waals surface area contributed by atoms with E-state index in [1.54, 1.807) is 23.0 Å². The number of carbonyl (C=O) groups is 2. The van der Waals surface area contributed by atoms with Crippen LogP contribution in [-0.4, -0.2) is 58.6 Å². The van der Waals surface area contributed by atoms with Crippen molar-refractivity contribution in [3.8, 4) is 0 Å². The normalized spacial score (nSPS) is 17.0. The van der Waals surface area contributed by atoms with Crippen LogP contribution in [0.25, 0.3) is 0 Å². The number of fused-ring (bicyclic) bond motifs is 1. The number of methoxy groups -OCH3 is 1. The number of aromatic nitrogens is 2. The highest BCUT2D eigenvalue weighted by molar-refractivity contribution is 9.10. The summed E-state index contributed by atoms with van der Waals surface area (Å²) in [6.45, 7) is 0.526. The van der Waals surface area contributed by atoms with E-state index in [1.165, 1.54) is 7.11 Å². The fourth-order valence-corrected chi connectivity index (χ4v) is 4.07. The second kappa shape index (κ2) is 9.47. The molecule has 3 rings (SSSR count). The summed E-state index contributed by atoms with van der Waals surface area (Å²) < 4.78 is 5.83. The number of nitrogens with one attached hydrogen (secondary N) is 2. The summed E-state index contributed by atoms with van der Waals surface area (Å²) >= 11 is 5.07. The van der Waals surface area contributed by atoms with Gasteiger partial charge < -0.3 is 19.9 Å². The Bertz CT molecular complexity index is 827. The van der Waals surface area contributed by atoms with E-state index in [-0.39, 0.29) is 12.1 Å². The molecule has 150 valence electrons. The molecule has 0 aliphatic carbocycles. The Morgan fingerprint density at radius 3 is 2.86 bits per heavy atom. The minimum absolute atomic E-state index is 0.293. The van der Waals surface area contributed by atoms with Crippen LogP contribution >= 0.6 is 27.7 Å². The van der Waals surface area contributed by atoms with Crippen LogP contribution in [0.3, 0.4) is 0 Å². The molecule has 1 aliphatic heterocycles. The fraction of sp³-hybridized carbons (Fsp3) is 0.421. The number of esters is 1. The van der Waals surface area contributed by atoms with Crippen molar-refractivity contribution in [3.05, 3.63) is 52.0 Å². The molecule has 0 radical (unpaired) electrons. The van der Waals surface area contributed by atoms with E-state index < -0.39 is 12.0 Å². The molecule has 2 amide bonds. The van der Waals surface area contributed by atoms with Gasteiger partial charge in [-0.2, -0.15) is 11.8 Å². The number of carbonyl (C=O) groups excluding carboxylic acids is 2. The van der Waals surface area contributed by atoms with Gasteiger partial charge >= 0.3 is 12.0 Å². The number of H-pyrrole nitrogens is 1. The van der Waals surface area contributed by atoms with E-state index in [1.807, 2.05) is 30.5 Å². The summed E-state index contributed by atoms with van der Waals surface area (Å²) in [4.78, 5) is 34.6. The van der Waals surface area contributed by atoms with Gasteiger partial charge in [0, 0.05) is 23.1 Å². The van der Waals surface area contributed by atoms with Crippen LogP contribution in [0.2, 0.25) is 0 Å². The lowest BCUT2D eigenvalue weighted by Gasteiger charge is -2.36. The predicted molar refractivity (Wildman–Crippen MR) is 112 cm³/mol. The van der Waals surface area contributed by atoms with Crippen molar-refractivity contribution in [2.75, 3.05) is 25.7 Å². The molecule has 0 saturated carbocycles. The van der Waals surface area contributed by atoms with E-state index in [9.17, 15) is 9.59 Å². The Morgan fingerprint density at radius 2 is 2.18 bits per heavy atom. The number of rotatable bonds is 6. The van der Waals surface area contributed by atoms with Gasteiger partial charge in [-0.25, -0.2) is 14.6 Å². The Balaban J connectivity index is 1.86. The van der Waals surface area contributed by atoms with Gasteiger partial charge in [-0.05, 0) is 36.1 Å². The third-order valence-corrected chi connectivity index (χ3v) is 5.94. The van der Waals surface area contributed by atoms with Gasteiger partial charge in [0.05, 0.1) is 19.1 Å². The van der Waals surface area contributed by atoms with Crippen molar-refractivity contribution in [2.45, 2.75) is 24.9 Å². The first-order valence-electron chi connectivity index (χ1n) is 8.96. The number of aromatic amines is 1. The Labute approximate surface area is 176 Å². The van der Waals surface area contributed by atoms with Gasteiger partial charge in [-0.15, -0.1) is 0 Å². The number of halogens is 1. The molecular weight excluding hydrogens is 444 g/mol. The van der Waals surface area contributed by atoms with Crippen molar-refractivity contribution in [1.82, 2.24) is 20.2 Å². The number of urea groups is 1. The number of hydrogen-bond acceptors (Lipinski definition) is 5. The van der Waals surface area contributed by atoms with Crippen LogP contribution in [0.1, 0.15) is 29.4 Å². The second-order valence-corrected chi connectivity index (χ2v) is 8.37. The zero-order chi connectivity index (χ0) is 20.1. The van der Waals surface area contributed by atoms with Crippen molar-refractivity contribution in [3.63, 3.8) is 0 Å². The lowest BCUT2D eigenvalue weighted by atomic mass is 9.96. The Morgan fingerprint density at radius 1 is 1.43 bits per heavy atom. The second-order valence-electron chi connectivity index (χ2n) is 6.47. The minimum atomic E-state index is -0.670. The van der Waals surface area contributed by atoms with Gasteiger partial charge in [0.15, 0.2) is 0 Å². The average molecular weight is 467 g/mol. The van der Waals surface area contributed by atoms with Crippen LogP contribution in [0.5, 0.6) is 0 Å². The fourth-order valence-electron chi connectivity index (χ4n) is 3.34. The molecular formula is C19H23BrN4O3S. The molecule has 1 aliphatic rings. The molecule has 7 nitrogen and oxygen atoms in total. The van der Waals surface area contributed by atoms with Crippen molar-refractivity contribution in [2.24, 2.45) is 0 Å². The number of ether oxygens (including phenoxy) is 1. The smallest absolute Gasteiger partial charge is 0.328 e. The van der Waals surface area contributed by atoms with E-state index in [2.05, 4.69) is 31.2 Å². The summed E-state index contributed by atoms with van der Waals surface area (Å²) in [5.41, 5.74) is 2.83. The van der Waals surface area contributed by atoms with Crippen LogP contribution in [0.15, 0.2) is 35.1 Å². The maximum absolute atomic E-state index is 13.1. The molecule has 0 spiro atoms. The number of imidazole rings is 1. The average Bonchev–Trinajstić information content (AvgIpc) is 3.19. The molecule has 1 aromatic heterocycles. The standard InChI is InChI=1S/C19H23BrN4O3S/c1-27-18(25)15(8-10-28-2)23-19(26)24-9-7-14-16(22-11-21-14)17(24)12-3-5-13(20)6-4-12/h3-6,11,15,17H,7-10H2,1-2H3,(H,21,22)(H,23,26)/t15-,17+/m1/s1. The van der Waals surface area contributed by atoms with E-state index in [0.29, 0.717) is 19.4 Å². The highest BCUT2D eigenvalue weighted by atomic mass is 79.9. The molecule has 0 saturated heterocycles. The molecule has 0 bridgehead atoms. The summed E-state index contributed by atoms with van der Waals surface area (Å²) in [6, 6.07) is 6.56. The zero-order valence-corrected chi connectivity index (χ0v) is 18.2. The van der Waals surface area contributed by atoms with Crippen molar-refractivity contribution < 1.29 is 14.3 Å². The Hall–Kier alpha value is -2.00. The van der Waals surface area contributed by atoms with E-state index in [4.69, 9.17) is 4.74 Å². The number of benzene rings is 1. The SMILES string of the molecule is COC(=O)[C@@H](CCSC)NC(=O)N1CCc2[nH]cnc2[C@@H]1c1ccc(Br)cc1. The topological polar surface area (TPSA) is 87.3 Å². The summed E-state index contributed by atoms with van der Waals surface area (Å²) in [7, 11) is 1.34. The molecule has 9 heteroatoms. The molecule has 2 atom stereocenters. The highest BCUT2D eigenvalue weighted by Crippen LogP contribution is 2.34. The first kappa shape index (κ1) is 20.7. The first-order valence-corrected chi connectivity index (χ1v) is 11.1. The summed E-state index contributed by atoms with van der Waals surface area (Å²) in [5, 5.41) is 2.86. The third kappa shape index (κ3) is 4.52. The number of nitrogens with zero attached hydrogens (tertiary/aromatic N) is 2. The molecule has 0 unspecified atom stereocenters. The van der Waals surface area contributed by atoms with Crippen LogP contribution in [0, 0.1) is 0 Å². The molecule has 1 aromatic carbocycles. The molecule has 0 fully saturated rings. The van der Waals surface area contributed by atoms with Gasteiger partial charge in [0.25, 0.3) is 0 Å². The first-order chi connectivity index (χ1) is 13.5. The lowest BCUT2D eigenvalue weighted by molar-refractivity contribution is -0.142. The largest absolute Gasteiger partial charge is 0.467 e. The van der Waals surface area contributed by atoms with E-state index >= 15 is 0 Å². The summed E-state index contributed by atoms with van der Waals surface area (Å²) in [6.07, 6.45) is 4.82. The van der Waals surface area contributed by atoms with Crippen LogP contribution < -0.4 is 5.32 Å². The number of thioether (sulfide) groups is 1. The Kier molecular flexibility index (Phi) is 7.01. The highest BCUT2D eigenvalue weighted by Gasteiger charge is 2.35. The van der Waals surface area contributed by atoms with Gasteiger partial charge in [-0.3, -0.25) is 0 Å². The molecule has 28 heavy (non-hydrogen) atoms. The van der Waals surface area contributed by atoms with Crippen molar-refractivity contribution in [1.29, 1.82) is 0 Å². The van der Waals surface area contributed by atoms with Gasteiger partial charge in [0.1, 0.15) is 12.1 Å².